The summed E-state index contributed by atoms with van der Waals surface area (Å²) in [5.41, 5.74) is 1.36. The minimum absolute atomic E-state index is 0.192. The molecule has 1 nitrogen and oxygen atoms in total. The number of unbranched alkanes of at least 4 members (excludes halogenated alkanes) is 2. The standard InChI is InChI=1S/C18H27N/c1-4-7-9-15-18(16-13-10-8-11-14-16)19-17(6-3)12-5-2/h3,8,10-11,13-14,17-19H,4-5,7,9,12,15H2,1-2H3. The summed E-state index contributed by atoms with van der Waals surface area (Å²) in [6, 6.07) is 11.3. The van der Waals surface area contributed by atoms with Gasteiger partial charge in [0, 0.05) is 6.04 Å². The van der Waals surface area contributed by atoms with Crippen LogP contribution in [0.15, 0.2) is 30.3 Å². The highest BCUT2D eigenvalue weighted by Gasteiger charge is 2.14. The van der Waals surface area contributed by atoms with Gasteiger partial charge in [0.15, 0.2) is 0 Å². The molecule has 0 aliphatic rings. The molecule has 0 saturated heterocycles. The lowest BCUT2D eigenvalue weighted by atomic mass is 9.99. The van der Waals surface area contributed by atoms with Crippen molar-refractivity contribution in [2.24, 2.45) is 0 Å². The predicted molar refractivity (Wildman–Crippen MR) is 84.0 cm³/mol. The second kappa shape index (κ2) is 9.64. The Bertz CT molecular complexity index is 363. The van der Waals surface area contributed by atoms with Gasteiger partial charge in [0.05, 0.1) is 6.04 Å². The minimum atomic E-state index is 0.192. The van der Waals surface area contributed by atoms with E-state index in [1.54, 1.807) is 0 Å². The Labute approximate surface area is 118 Å². The quantitative estimate of drug-likeness (QED) is 0.499. The number of rotatable bonds is 9. The van der Waals surface area contributed by atoms with Gasteiger partial charge in [-0.15, -0.1) is 6.42 Å². The molecule has 19 heavy (non-hydrogen) atoms. The zero-order valence-corrected chi connectivity index (χ0v) is 12.4. The van der Waals surface area contributed by atoms with Gasteiger partial charge in [-0.1, -0.05) is 75.8 Å². The largest absolute Gasteiger partial charge is 0.297 e. The fourth-order valence-electron chi connectivity index (χ4n) is 2.38. The van der Waals surface area contributed by atoms with Crippen LogP contribution in [0.5, 0.6) is 0 Å². The number of nitrogens with one attached hydrogen (secondary N) is 1. The molecule has 2 unspecified atom stereocenters. The number of terminal acetylenes is 1. The Morgan fingerprint density at radius 3 is 2.37 bits per heavy atom. The lowest BCUT2D eigenvalue weighted by molar-refractivity contribution is 0.432. The van der Waals surface area contributed by atoms with Gasteiger partial charge < -0.3 is 0 Å². The monoisotopic (exact) mass is 257 g/mol. The van der Waals surface area contributed by atoms with Crippen LogP contribution >= 0.6 is 0 Å². The maximum Gasteiger partial charge on any atom is 0.0691 e. The van der Waals surface area contributed by atoms with E-state index in [0.29, 0.717) is 6.04 Å². The molecule has 0 aromatic heterocycles. The van der Waals surface area contributed by atoms with E-state index in [1.807, 2.05) is 0 Å². The molecule has 0 fully saturated rings. The molecule has 1 rings (SSSR count). The van der Waals surface area contributed by atoms with Crippen LogP contribution < -0.4 is 5.32 Å². The topological polar surface area (TPSA) is 12.0 Å². The molecule has 0 heterocycles. The Kier molecular flexibility index (Phi) is 8.02. The van der Waals surface area contributed by atoms with Crippen molar-refractivity contribution in [2.45, 2.75) is 64.5 Å². The molecular weight excluding hydrogens is 230 g/mol. The fraction of sp³-hybridized carbons (Fsp3) is 0.556. The number of benzene rings is 1. The Morgan fingerprint density at radius 2 is 1.79 bits per heavy atom. The summed E-state index contributed by atoms with van der Waals surface area (Å²) in [7, 11) is 0. The van der Waals surface area contributed by atoms with Crippen molar-refractivity contribution in [2.75, 3.05) is 0 Å². The number of hydrogen-bond donors (Lipinski definition) is 1. The van der Waals surface area contributed by atoms with E-state index >= 15 is 0 Å². The summed E-state index contributed by atoms with van der Waals surface area (Å²) in [5, 5.41) is 3.64. The highest BCUT2D eigenvalue weighted by Crippen LogP contribution is 2.21. The Hall–Kier alpha value is -1.26. The van der Waals surface area contributed by atoms with Gasteiger partial charge in [-0.3, -0.25) is 5.32 Å². The molecule has 0 radical (unpaired) electrons. The molecule has 0 saturated carbocycles. The molecule has 1 aromatic carbocycles. The third-order valence-electron chi connectivity index (χ3n) is 3.48. The molecule has 1 aromatic rings. The van der Waals surface area contributed by atoms with Crippen molar-refractivity contribution in [3.05, 3.63) is 35.9 Å². The summed E-state index contributed by atoms with van der Waals surface area (Å²) in [6.45, 7) is 4.42. The molecule has 0 bridgehead atoms. The van der Waals surface area contributed by atoms with Crippen LogP contribution in [0, 0.1) is 12.3 Å². The first-order valence-corrected chi connectivity index (χ1v) is 7.58. The summed E-state index contributed by atoms with van der Waals surface area (Å²) in [4.78, 5) is 0. The van der Waals surface area contributed by atoms with Crippen LogP contribution in [-0.4, -0.2) is 6.04 Å². The van der Waals surface area contributed by atoms with Gasteiger partial charge in [0.1, 0.15) is 0 Å². The zero-order chi connectivity index (χ0) is 13.9. The zero-order valence-electron chi connectivity index (χ0n) is 12.4. The molecule has 1 N–H and O–H groups in total. The van der Waals surface area contributed by atoms with Gasteiger partial charge in [-0.25, -0.2) is 0 Å². The third-order valence-corrected chi connectivity index (χ3v) is 3.48. The normalized spacial score (nSPS) is 13.7. The van der Waals surface area contributed by atoms with Crippen molar-refractivity contribution in [1.82, 2.24) is 5.32 Å². The van der Waals surface area contributed by atoms with Crippen LogP contribution in [0.25, 0.3) is 0 Å². The predicted octanol–water partition coefficient (Wildman–Crippen LogP) is 4.70. The van der Waals surface area contributed by atoms with Crippen molar-refractivity contribution in [3.63, 3.8) is 0 Å². The molecular formula is C18H27N. The van der Waals surface area contributed by atoms with E-state index in [2.05, 4.69) is 55.4 Å². The first-order chi connectivity index (χ1) is 9.31. The summed E-state index contributed by atoms with van der Waals surface area (Å²) >= 11 is 0. The highest BCUT2D eigenvalue weighted by molar-refractivity contribution is 5.19. The maximum atomic E-state index is 5.63. The van der Waals surface area contributed by atoms with Gasteiger partial charge in [-0.2, -0.15) is 0 Å². The average Bonchev–Trinajstić information content (AvgIpc) is 2.46. The van der Waals surface area contributed by atoms with Crippen LogP contribution in [0.3, 0.4) is 0 Å². The fourth-order valence-corrected chi connectivity index (χ4v) is 2.38. The van der Waals surface area contributed by atoms with E-state index < -0.39 is 0 Å². The van der Waals surface area contributed by atoms with Crippen LogP contribution in [0.4, 0.5) is 0 Å². The molecule has 0 aliphatic carbocycles. The van der Waals surface area contributed by atoms with E-state index in [9.17, 15) is 0 Å². The Morgan fingerprint density at radius 1 is 1.05 bits per heavy atom. The third kappa shape index (κ3) is 5.94. The second-order valence-corrected chi connectivity index (χ2v) is 5.13. The summed E-state index contributed by atoms with van der Waals surface area (Å²) in [6.07, 6.45) is 12.8. The van der Waals surface area contributed by atoms with E-state index in [4.69, 9.17) is 6.42 Å². The SMILES string of the molecule is C#CC(CCC)NC(CCCCC)c1ccccc1. The van der Waals surface area contributed by atoms with Gasteiger partial charge in [-0.05, 0) is 18.4 Å². The maximum absolute atomic E-state index is 5.63. The molecule has 0 aliphatic heterocycles. The first-order valence-electron chi connectivity index (χ1n) is 7.58. The van der Waals surface area contributed by atoms with E-state index in [1.165, 1.54) is 31.2 Å². The number of hydrogen-bond acceptors (Lipinski definition) is 1. The minimum Gasteiger partial charge on any atom is -0.297 e. The Balaban J connectivity index is 2.66. The smallest absolute Gasteiger partial charge is 0.0691 e. The van der Waals surface area contributed by atoms with E-state index in [-0.39, 0.29) is 6.04 Å². The van der Waals surface area contributed by atoms with Crippen LogP contribution in [0.1, 0.15) is 64.0 Å². The van der Waals surface area contributed by atoms with Crippen LogP contribution in [-0.2, 0) is 0 Å². The first kappa shape index (κ1) is 15.8. The van der Waals surface area contributed by atoms with Gasteiger partial charge in [0.2, 0.25) is 0 Å². The lowest BCUT2D eigenvalue weighted by Gasteiger charge is -2.23. The van der Waals surface area contributed by atoms with Gasteiger partial charge in [0.25, 0.3) is 0 Å². The van der Waals surface area contributed by atoms with E-state index in [0.717, 1.165) is 12.8 Å². The second-order valence-electron chi connectivity index (χ2n) is 5.13. The van der Waals surface area contributed by atoms with Crippen molar-refractivity contribution < 1.29 is 0 Å². The van der Waals surface area contributed by atoms with Crippen LogP contribution in [0.2, 0.25) is 0 Å². The molecule has 2 atom stereocenters. The molecule has 104 valence electrons. The van der Waals surface area contributed by atoms with Crippen molar-refractivity contribution >= 4 is 0 Å². The molecule has 0 amide bonds. The van der Waals surface area contributed by atoms with Crippen molar-refractivity contribution in [1.29, 1.82) is 0 Å². The summed E-state index contributed by atoms with van der Waals surface area (Å²) in [5.74, 6) is 2.88. The lowest BCUT2D eigenvalue weighted by Crippen LogP contribution is -2.31. The molecule has 1 heteroatoms. The van der Waals surface area contributed by atoms with Crippen molar-refractivity contribution in [3.8, 4) is 12.3 Å². The molecule has 0 spiro atoms. The van der Waals surface area contributed by atoms with Gasteiger partial charge >= 0.3 is 0 Å². The highest BCUT2D eigenvalue weighted by atomic mass is 14.9. The average molecular weight is 257 g/mol. The summed E-state index contributed by atoms with van der Waals surface area (Å²) < 4.78 is 0.